The number of halogens is 1. The van der Waals surface area contributed by atoms with Gasteiger partial charge in [-0.25, -0.2) is 0 Å². The zero-order valence-electron chi connectivity index (χ0n) is 10.1. The largest absolute Gasteiger partial charge is 0.348 e. The van der Waals surface area contributed by atoms with E-state index in [1.165, 1.54) is 0 Å². The lowest BCUT2D eigenvalue weighted by Crippen LogP contribution is -2.26. The highest BCUT2D eigenvalue weighted by molar-refractivity contribution is 6.33. The predicted octanol–water partition coefficient (Wildman–Crippen LogP) is 2.69. The van der Waals surface area contributed by atoms with Gasteiger partial charge in [0.15, 0.2) is 0 Å². The molecule has 2 aromatic rings. The number of carbonyl (C=O) groups excluding carboxylic acids is 1. The minimum absolute atomic E-state index is 0.142. The Kier molecular flexibility index (Phi) is 3.17. The normalized spacial score (nSPS) is 14.2. The predicted molar refractivity (Wildman–Crippen MR) is 73.0 cm³/mol. The fourth-order valence-electron chi connectivity index (χ4n) is 1.79. The molecule has 0 aromatic carbocycles. The maximum absolute atomic E-state index is 11.9. The number of rotatable bonds is 3. The second-order valence-electron chi connectivity index (χ2n) is 4.51. The number of carbonyl (C=O) groups is 1. The monoisotopic (exact) mass is 273 g/mol. The van der Waals surface area contributed by atoms with Gasteiger partial charge in [0.2, 0.25) is 0 Å². The third-order valence-corrected chi connectivity index (χ3v) is 3.24. The third-order valence-electron chi connectivity index (χ3n) is 2.94. The maximum Gasteiger partial charge on any atom is 0.270 e. The number of pyridine rings is 2. The Morgan fingerprint density at radius 1 is 1.26 bits per heavy atom. The third kappa shape index (κ3) is 2.74. The Labute approximate surface area is 115 Å². The van der Waals surface area contributed by atoms with Crippen molar-refractivity contribution < 1.29 is 4.79 Å². The van der Waals surface area contributed by atoms with E-state index in [1.807, 2.05) is 0 Å². The minimum Gasteiger partial charge on any atom is -0.348 e. The summed E-state index contributed by atoms with van der Waals surface area (Å²) in [4.78, 5) is 20.3. The van der Waals surface area contributed by atoms with Crippen LogP contribution in [0.2, 0.25) is 5.02 Å². The molecule has 5 heteroatoms. The second-order valence-corrected chi connectivity index (χ2v) is 4.92. The SMILES string of the molecule is O=C(NC1CC1)c1cc(-c2ncccc2Cl)ccn1. The molecule has 1 saturated carbocycles. The Hall–Kier alpha value is -1.94. The molecule has 0 spiro atoms. The number of hydrogen-bond acceptors (Lipinski definition) is 3. The van der Waals surface area contributed by atoms with Crippen LogP contribution in [0.15, 0.2) is 36.7 Å². The van der Waals surface area contributed by atoms with Crippen LogP contribution in [-0.2, 0) is 0 Å². The van der Waals surface area contributed by atoms with E-state index in [4.69, 9.17) is 11.6 Å². The van der Waals surface area contributed by atoms with Crippen molar-refractivity contribution >= 4 is 17.5 Å². The first-order chi connectivity index (χ1) is 9.24. The average molecular weight is 274 g/mol. The van der Waals surface area contributed by atoms with E-state index < -0.39 is 0 Å². The maximum atomic E-state index is 11.9. The Bertz CT molecular complexity index is 626. The summed E-state index contributed by atoms with van der Waals surface area (Å²) < 4.78 is 0. The fourth-order valence-corrected chi connectivity index (χ4v) is 2.02. The molecule has 1 aliphatic rings. The summed E-state index contributed by atoms with van der Waals surface area (Å²) in [5, 5.41) is 3.47. The molecule has 0 bridgehead atoms. The first-order valence-electron chi connectivity index (χ1n) is 6.12. The first-order valence-corrected chi connectivity index (χ1v) is 6.49. The summed E-state index contributed by atoms with van der Waals surface area (Å²) in [6.07, 6.45) is 5.38. The molecule has 0 unspecified atom stereocenters. The van der Waals surface area contributed by atoms with Gasteiger partial charge < -0.3 is 5.32 Å². The van der Waals surface area contributed by atoms with Crippen LogP contribution in [0.5, 0.6) is 0 Å². The quantitative estimate of drug-likeness (QED) is 0.935. The molecule has 19 heavy (non-hydrogen) atoms. The van der Waals surface area contributed by atoms with Crippen LogP contribution >= 0.6 is 11.6 Å². The molecule has 1 fully saturated rings. The van der Waals surface area contributed by atoms with Crippen LogP contribution in [0, 0.1) is 0 Å². The van der Waals surface area contributed by atoms with E-state index in [9.17, 15) is 4.79 Å². The van der Waals surface area contributed by atoms with Gasteiger partial charge in [0.1, 0.15) is 5.69 Å². The van der Waals surface area contributed by atoms with E-state index in [1.54, 1.807) is 36.7 Å². The first kappa shape index (κ1) is 12.1. The van der Waals surface area contributed by atoms with Crippen molar-refractivity contribution in [1.82, 2.24) is 15.3 Å². The van der Waals surface area contributed by atoms with Crippen molar-refractivity contribution in [3.8, 4) is 11.3 Å². The Balaban J connectivity index is 1.91. The Morgan fingerprint density at radius 3 is 2.84 bits per heavy atom. The van der Waals surface area contributed by atoms with Crippen molar-refractivity contribution in [2.75, 3.05) is 0 Å². The summed E-state index contributed by atoms with van der Waals surface area (Å²) in [7, 11) is 0. The van der Waals surface area contributed by atoms with Gasteiger partial charge in [0.25, 0.3) is 5.91 Å². The fraction of sp³-hybridized carbons (Fsp3) is 0.214. The van der Waals surface area contributed by atoms with Crippen LogP contribution in [0.25, 0.3) is 11.3 Å². The molecule has 2 aromatic heterocycles. The molecular formula is C14H12ClN3O. The van der Waals surface area contributed by atoms with Gasteiger partial charge in [-0.3, -0.25) is 14.8 Å². The van der Waals surface area contributed by atoms with Crippen LogP contribution in [0.1, 0.15) is 23.3 Å². The van der Waals surface area contributed by atoms with Crippen molar-refractivity contribution in [2.45, 2.75) is 18.9 Å². The number of hydrogen-bond donors (Lipinski definition) is 1. The Morgan fingerprint density at radius 2 is 2.11 bits per heavy atom. The van der Waals surface area contributed by atoms with Gasteiger partial charge in [-0.05, 0) is 37.1 Å². The van der Waals surface area contributed by atoms with E-state index >= 15 is 0 Å². The smallest absolute Gasteiger partial charge is 0.270 e. The van der Waals surface area contributed by atoms with Gasteiger partial charge in [-0.1, -0.05) is 11.6 Å². The molecule has 1 amide bonds. The highest BCUT2D eigenvalue weighted by Gasteiger charge is 2.24. The van der Waals surface area contributed by atoms with Crippen molar-refractivity contribution in [2.24, 2.45) is 0 Å². The molecule has 1 N–H and O–H groups in total. The molecule has 96 valence electrons. The van der Waals surface area contributed by atoms with Gasteiger partial charge in [-0.2, -0.15) is 0 Å². The average Bonchev–Trinajstić information content (AvgIpc) is 3.23. The number of nitrogens with zero attached hydrogens (tertiary/aromatic N) is 2. The highest BCUT2D eigenvalue weighted by atomic mass is 35.5. The van der Waals surface area contributed by atoms with Crippen molar-refractivity contribution in [3.05, 3.63) is 47.4 Å². The molecule has 0 saturated heterocycles. The number of aromatic nitrogens is 2. The lowest BCUT2D eigenvalue weighted by molar-refractivity contribution is 0.0946. The van der Waals surface area contributed by atoms with Crippen LogP contribution in [-0.4, -0.2) is 21.9 Å². The van der Waals surface area contributed by atoms with E-state index in [0.717, 1.165) is 18.4 Å². The van der Waals surface area contributed by atoms with E-state index in [0.29, 0.717) is 22.5 Å². The summed E-state index contributed by atoms with van der Waals surface area (Å²) in [6, 6.07) is 7.37. The zero-order chi connectivity index (χ0) is 13.2. The van der Waals surface area contributed by atoms with Gasteiger partial charge in [0, 0.05) is 24.0 Å². The van der Waals surface area contributed by atoms with Crippen LogP contribution in [0.3, 0.4) is 0 Å². The van der Waals surface area contributed by atoms with E-state index in [-0.39, 0.29) is 5.91 Å². The van der Waals surface area contributed by atoms with Crippen molar-refractivity contribution in [1.29, 1.82) is 0 Å². The van der Waals surface area contributed by atoms with Crippen LogP contribution < -0.4 is 5.32 Å². The highest BCUT2D eigenvalue weighted by Crippen LogP contribution is 2.25. The lowest BCUT2D eigenvalue weighted by Gasteiger charge is -2.06. The number of amides is 1. The molecule has 0 aliphatic heterocycles. The summed E-state index contributed by atoms with van der Waals surface area (Å²) in [5.74, 6) is -0.142. The van der Waals surface area contributed by atoms with Gasteiger partial charge in [0.05, 0.1) is 10.7 Å². The molecule has 3 rings (SSSR count). The van der Waals surface area contributed by atoms with Crippen molar-refractivity contribution in [3.63, 3.8) is 0 Å². The standard InChI is InChI=1S/C14H12ClN3O/c15-11-2-1-6-17-13(11)9-5-7-16-12(8-9)14(19)18-10-3-4-10/h1-2,5-8,10H,3-4H2,(H,18,19). The molecule has 1 aliphatic carbocycles. The summed E-state index contributed by atoms with van der Waals surface area (Å²) >= 11 is 6.10. The lowest BCUT2D eigenvalue weighted by atomic mass is 10.1. The number of nitrogens with one attached hydrogen (secondary N) is 1. The van der Waals surface area contributed by atoms with Crippen LogP contribution in [0.4, 0.5) is 0 Å². The summed E-state index contributed by atoms with van der Waals surface area (Å²) in [5.41, 5.74) is 1.85. The van der Waals surface area contributed by atoms with E-state index in [2.05, 4.69) is 15.3 Å². The molecule has 0 atom stereocenters. The van der Waals surface area contributed by atoms with Gasteiger partial charge >= 0.3 is 0 Å². The molecule has 2 heterocycles. The zero-order valence-corrected chi connectivity index (χ0v) is 10.9. The van der Waals surface area contributed by atoms with Gasteiger partial charge in [-0.15, -0.1) is 0 Å². The molecule has 4 nitrogen and oxygen atoms in total. The summed E-state index contributed by atoms with van der Waals surface area (Å²) in [6.45, 7) is 0. The molecule has 0 radical (unpaired) electrons. The second kappa shape index (κ2) is 4.97. The topological polar surface area (TPSA) is 54.9 Å². The molecular weight excluding hydrogens is 262 g/mol. The minimum atomic E-state index is -0.142.